The zero-order chi connectivity index (χ0) is 14.9. The van der Waals surface area contributed by atoms with Gasteiger partial charge in [-0.25, -0.2) is 4.79 Å². The lowest BCUT2D eigenvalue weighted by atomic mass is 9.84. The van der Waals surface area contributed by atoms with Gasteiger partial charge in [-0.15, -0.1) is 6.58 Å². The Morgan fingerprint density at radius 3 is 2.65 bits per heavy atom. The van der Waals surface area contributed by atoms with E-state index in [9.17, 15) is 4.79 Å². The quantitative estimate of drug-likeness (QED) is 0.721. The smallest absolute Gasteiger partial charge is 0.410 e. The molecule has 0 radical (unpaired) electrons. The van der Waals surface area contributed by atoms with Gasteiger partial charge in [-0.05, 0) is 38.8 Å². The maximum absolute atomic E-state index is 12.4. The topological polar surface area (TPSA) is 29.5 Å². The first kappa shape index (κ1) is 14.6. The predicted molar refractivity (Wildman–Crippen MR) is 80.6 cm³/mol. The molecule has 108 valence electrons. The molecule has 3 nitrogen and oxygen atoms in total. The van der Waals surface area contributed by atoms with Crippen molar-refractivity contribution in [3.05, 3.63) is 48.0 Å². The molecule has 0 N–H and O–H groups in total. The summed E-state index contributed by atoms with van der Waals surface area (Å²) >= 11 is 0. The first-order chi connectivity index (χ1) is 9.33. The van der Waals surface area contributed by atoms with Crippen LogP contribution in [-0.4, -0.2) is 22.6 Å². The molecule has 0 aliphatic carbocycles. The number of nitrogens with zero attached hydrogens (tertiary/aromatic N) is 1. The van der Waals surface area contributed by atoms with Crippen LogP contribution in [-0.2, 0) is 11.3 Å². The van der Waals surface area contributed by atoms with Gasteiger partial charge in [-0.3, -0.25) is 0 Å². The minimum absolute atomic E-state index is 0.0530. The van der Waals surface area contributed by atoms with E-state index >= 15 is 0 Å². The Balaban J connectivity index is 2.30. The van der Waals surface area contributed by atoms with Gasteiger partial charge in [-0.1, -0.05) is 30.3 Å². The zero-order valence-corrected chi connectivity index (χ0v) is 12.7. The lowest BCUT2D eigenvalue weighted by Crippen LogP contribution is -2.46. The summed E-state index contributed by atoms with van der Waals surface area (Å²) in [4.78, 5) is 14.2. The summed E-state index contributed by atoms with van der Waals surface area (Å²) in [7, 11) is 0. The molecule has 20 heavy (non-hydrogen) atoms. The van der Waals surface area contributed by atoms with E-state index < -0.39 is 5.60 Å². The lowest BCUT2D eigenvalue weighted by Gasteiger charge is -2.40. The number of rotatable bonds is 1. The van der Waals surface area contributed by atoms with E-state index in [1.165, 1.54) is 11.1 Å². The predicted octanol–water partition coefficient (Wildman–Crippen LogP) is 4.10. The Bertz CT molecular complexity index is 516. The molecule has 0 saturated heterocycles. The molecule has 0 bridgehead atoms. The van der Waals surface area contributed by atoms with E-state index in [0.717, 1.165) is 0 Å². The maximum atomic E-state index is 12.4. The third-order valence-electron chi connectivity index (χ3n) is 3.65. The minimum atomic E-state index is -0.475. The van der Waals surface area contributed by atoms with Gasteiger partial charge in [0.2, 0.25) is 0 Å². The molecule has 1 amide bonds. The molecule has 2 atom stereocenters. The maximum Gasteiger partial charge on any atom is 0.410 e. The Hall–Kier alpha value is -1.77. The number of carbonyl (C=O) groups excluding carboxylic acids is 1. The van der Waals surface area contributed by atoms with Crippen LogP contribution in [0.25, 0.3) is 0 Å². The second kappa shape index (κ2) is 5.31. The number of carbonyl (C=O) groups is 1. The number of fused-ring (bicyclic) bond motifs is 1. The normalized spacial score (nSPS) is 22.1. The van der Waals surface area contributed by atoms with E-state index in [1.54, 1.807) is 4.90 Å². The fourth-order valence-corrected chi connectivity index (χ4v) is 2.66. The van der Waals surface area contributed by atoms with E-state index in [2.05, 4.69) is 18.7 Å². The van der Waals surface area contributed by atoms with Crippen LogP contribution in [0.2, 0.25) is 0 Å². The van der Waals surface area contributed by atoms with Gasteiger partial charge < -0.3 is 9.64 Å². The highest BCUT2D eigenvalue weighted by Crippen LogP contribution is 2.34. The first-order valence-corrected chi connectivity index (χ1v) is 7.03. The van der Waals surface area contributed by atoms with E-state index in [0.29, 0.717) is 6.54 Å². The highest BCUT2D eigenvalue weighted by Gasteiger charge is 2.35. The summed E-state index contributed by atoms with van der Waals surface area (Å²) in [6.45, 7) is 12.2. The molecule has 0 aromatic heterocycles. The number of benzene rings is 1. The highest BCUT2D eigenvalue weighted by atomic mass is 16.6. The van der Waals surface area contributed by atoms with Crippen molar-refractivity contribution >= 4 is 6.09 Å². The van der Waals surface area contributed by atoms with Crippen molar-refractivity contribution < 1.29 is 9.53 Å². The summed E-state index contributed by atoms with van der Waals surface area (Å²) in [5.74, 6) is 0.146. The average molecular weight is 273 g/mol. The fraction of sp³-hybridized carbons (Fsp3) is 0.471. The summed E-state index contributed by atoms with van der Waals surface area (Å²) in [5.41, 5.74) is 1.95. The minimum Gasteiger partial charge on any atom is -0.444 e. The van der Waals surface area contributed by atoms with Gasteiger partial charge in [0.15, 0.2) is 0 Å². The molecule has 0 saturated carbocycles. The Kier molecular flexibility index (Phi) is 3.89. The largest absolute Gasteiger partial charge is 0.444 e. The molecule has 3 heteroatoms. The molecular weight excluding hydrogens is 250 g/mol. The molecule has 1 aliphatic rings. The van der Waals surface area contributed by atoms with Gasteiger partial charge in [0, 0.05) is 18.5 Å². The van der Waals surface area contributed by atoms with E-state index in [-0.39, 0.29) is 18.1 Å². The van der Waals surface area contributed by atoms with Crippen molar-refractivity contribution in [1.29, 1.82) is 0 Å². The lowest BCUT2D eigenvalue weighted by molar-refractivity contribution is 0.0122. The Morgan fingerprint density at radius 2 is 2.05 bits per heavy atom. The van der Waals surface area contributed by atoms with Crippen LogP contribution in [0.5, 0.6) is 0 Å². The Morgan fingerprint density at radius 1 is 1.40 bits per heavy atom. The number of amides is 1. The van der Waals surface area contributed by atoms with Crippen LogP contribution in [0, 0.1) is 0 Å². The number of hydrogen-bond donors (Lipinski definition) is 0. The second-order valence-corrected chi connectivity index (χ2v) is 6.31. The number of hydrogen-bond acceptors (Lipinski definition) is 2. The van der Waals surface area contributed by atoms with Gasteiger partial charge in [0.25, 0.3) is 0 Å². The molecule has 1 aromatic rings. The van der Waals surface area contributed by atoms with Crippen LogP contribution in [0.1, 0.15) is 44.7 Å². The highest BCUT2D eigenvalue weighted by molar-refractivity contribution is 5.69. The van der Waals surface area contributed by atoms with E-state index in [1.807, 2.05) is 45.9 Å². The molecular formula is C17H23NO2. The molecule has 0 fully saturated rings. The monoisotopic (exact) mass is 273 g/mol. The summed E-state index contributed by atoms with van der Waals surface area (Å²) in [6.07, 6.45) is 1.66. The van der Waals surface area contributed by atoms with Crippen molar-refractivity contribution in [2.24, 2.45) is 0 Å². The SMILES string of the molecule is C=C[C@H]1c2ccccc2CN(C(=O)OC(C)(C)C)[C@H]1C. The molecule has 0 unspecified atom stereocenters. The molecule has 0 spiro atoms. The van der Waals surface area contributed by atoms with Gasteiger partial charge >= 0.3 is 6.09 Å². The van der Waals surface area contributed by atoms with Crippen LogP contribution in [0.3, 0.4) is 0 Å². The third kappa shape index (κ3) is 2.87. The second-order valence-electron chi connectivity index (χ2n) is 6.31. The van der Waals surface area contributed by atoms with Crippen LogP contribution in [0.15, 0.2) is 36.9 Å². The van der Waals surface area contributed by atoms with Gasteiger partial charge in [0.05, 0.1) is 0 Å². The van der Waals surface area contributed by atoms with Crippen molar-refractivity contribution in [3.63, 3.8) is 0 Å². The van der Waals surface area contributed by atoms with Crippen molar-refractivity contribution in [1.82, 2.24) is 4.90 Å². The fourth-order valence-electron chi connectivity index (χ4n) is 2.66. The van der Waals surface area contributed by atoms with Crippen molar-refractivity contribution in [3.8, 4) is 0 Å². The molecule has 1 aromatic carbocycles. The summed E-state index contributed by atoms with van der Waals surface area (Å²) < 4.78 is 5.51. The average Bonchev–Trinajstić information content (AvgIpc) is 2.36. The standard InChI is InChI=1S/C17H23NO2/c1-6-14-12(2)18(16(19)20-17(3,4)5)11-13-9-7-8-10-15(13)14/h6-10,12,14H,1,11H2,2-5H3/t12-,14+/m0/s1. The molecule has 2 rings (SSSR count). The van der Waals surface area contributed by atoms with Gasteiger partial charge in [-0.2, -0.15) is 0 Å². The van der Waals surface area contributed by atoms with Crippen molar-refractivity contribution in [2.45, 2.75) is 51.8 Å². The van der Waals surface area contributed by atoms with Gasteiger partial charge in [0.1, 0.15) is 5.60 Å². The summed E-state index contributed by atoms with van der Waals surface area (Å²) in [6, 6.07) is 8.27. The third-order valence-corrected chi connectivity index (χ3v) is 3.65. The zero-order valence-electron chi connectivity index (χ0n) is 12.7. The molecule has 1 aliphatic heterocycles. The summed E-state index contributed by atoms with van der Waals surface area (Å²) in [5, 5.41) is 0. The number of ether oxygens (including phenoxy) is 1. The van der Waals surface area contributed by atoms with Crippen LogP contribution in [0.4, 0.5) is 4.79 Å². The molecule has 1 heterocycles. The van der Waals surface area contributed by atoms with Crippen molar-refractivity contribution in [2.75, 3.05) is 0 Å². The van der Waals surface area contributed by atoms with Crippen LogP contribution >= 0.6 is 0 Å². The first-order valence-electron chi connectivity index (χ1n) is 7.03. The van der Waals surface area contributed by atoms with Crippen LogP contribution < -0.4 is 0 Å². The van der Waals surface area contributed by atoms with E-state index in [4.69, 9.17) is 4.74 Å². The Labute approximate surface area is 121 Å².